The van der Waals surface area contributed by atoms with Gasteiger partial charge in [0.2, 0.25) is 0 Å². The maximum atomic E-state index is 5.70. The Morgan fingerprint density at radius 2 is 2.14 bits per heavy atom. The summed E-state index contributed by atoms with van der Waals surface area (Å²) in [6.45, 7) is 6.62. The average Bonchev–Trinajstić information content (AvgIpc) is 2.20. The molecule has 1 N–H and O–H groups in total. The second kappa shape index (κ2) is 5.20. The quantitative estimate of drug-likeness (QED) is 0.772. The molecular formula is C11H17ClN2. The Hall–Kier alpha value is -0.760. The minimum atomic E-state index is 0.461. The molecule has 0 aliphatic rings. The highest BCUT2D eigenvalue weighted by atomic mass is 35.5. The Labute approximate surface area is 90.7 Å². The van der Waals surface area contributed by atoms with E-state index in [2.05, 4.69) is 31.1 Å². The van der Waals surface area contributed by atoms with E-state index in [4.69, 9.17) is 11.6 Å². The van der Waals surface area contributed by atoms with Gasteiger partial charge in [0.25, 0.3) is 0 Å². The van der Waals surface area contributed by atoms with Crippen LogP contribution in [0.25, 0.3) is 0 Å². The van der Waals surface area contributed by atoms with Crippen molar-refractivity contribution in [2.45, 2.75) is 33.2 Å². The Balaban J connectivity index is 2.56. The second-order valence-electron chi connectivity index (χ2n) is 3.69. The molecule has 2 atom stereocenters. The van der Waals surface area contributed by atoms with Crippen LogP contribution in [0.15, 0.2) is 18.3 Å². The fraction of sp³-hybridized carbons (Fsp3) is 0.545. The molecule has 0 bridgehead atoms. The number of anilines is 1. The van der Waals surface area contributed by atoms with E-state index in [1.54, 1.807) is 12.3 Å². The van der Waals surface area contributed by atoms with E-state index in [1.165, 1.54) is 6.42 Å². The van der Waals surface area contributed by atoms with Crippen molar-refractivity contribution in [2.24, 2.45) is 5.92 Å². The van der Waals surface area contributed by atoms with Crippen LogP contribution in [-0.4, -0.2) is 11.0 Å². The molecule has 2 nitrogen and oxygen atoms in total. The fourth-order valence-corrected chi connectivity index (χ4v) is 1.33. The summed E-state index contributed by atoms with van der Waals surface area (Å²) in [6.07, 6.45) is 2.94. The van der Waals surface area contributed by atoms with Gasteiger partial charge in [0.05, 0.1) is 11.9 Å². The molecule has 0 radical (unpaired) electrons. The number of nitrogens with zero attached hydrogens (tertiary/aromatic N) is 1. The lowest BCUT2D eigenvalue weighted by Gasteiger charge is -2.20. The Bertz CT molecular complexity index is 271. The van der Waals surface area contributed by atoms with Crippen molar-refractivity contribution < 1.29 is 0 Å². The molecule has 1 aromatic heterocycles. The zero-order chi connectivity index (χ0) is 10.6. The zero-order valence-electron chi connectivity index (χ0n) is 8.92. The Kier molecular flexibility index (Phi) is 4.21. The standard InChI is InChI=1S/C11H17ClN2/c1-4-8(2)9(3)14-10-5-6-11(12)13-7-10/h5-9,14H,4H2,1-3H3. The summed E-state index contributed by atoms with van der Waals surface area (Å²) in [5.74, 6) is 0.658. The van der Waals surface area contributed by atoms with Gasteiger partial charge in [-0.3, -0.25) is 0 Å². The first-order chi connectivity index (χ1) is 6.63. The van der Waals surface area contributed by atoms with E-state index < -0.39 is 0 Å². The molecule has 14 heavy (non-hydrogen) atoms. The van der Waals surface area contributed by atoms with Gasteiger partial charge in [0, 0.05) is 6.04 Å². The van der Waals surface area contributed by atoms with Crippen LogP contribution < -0.4 is 5.32 Å². The summed E-state index contributed by atoms with van der Waals surface area (Å²) in [4.78, 5) is 4.02. The van der Waals surface area contributed by atoms with E-state index in [0.717, 1.165) is 5.69 Å². The van der Waals surface area contributed by atoms with Crippen molar-refractivity contribution in [3.05, 3.63) is 23.5 Å². The van der Waals surface area contributed by atoms with E-state index in [9.17, 15) is 0 Å². The minimum Gasteiger partial charge on any atom is -0.381 e. The lowest BCUT2D eigenvalue weighted by molar-refractivity contribution is 0.494. The predicted molar refractivity (Wildman–Crippen MR) is 61.8 cm³/mol. The zero-order valence-corrected chi connectivity index (χ0v) is 9.67. The molecule has 0 aliphatic carbocycles. The molecular weight excluding hydrogens is 196 g/mol. The molecule has 78 valence electrons. The lowest BCUT2D eigenvalue weighted by Crippen LogP contribution is -2.23. The van der Waals surface area contributed by atoms with Gasteiger partial charge in [-0.05, 0) is 25.0 Å². The summed E-state index contributed by atoms with van der Waals surface area (Å²) in [5.41, 5.74) is 1.03. The summed E-state index contributed by atoms with van der Waals surface area (Å²) in [5, 5.41) is 3.93. The number of aromatic nitrogens is 1. The van der Waals surface area contributed by atoms with Crippen molar-refractivity contribution in [1.82, 2.24) is 4.98 Å². The Morgan fingerprint density at radius 1 is 1.43 bits per heavy atom. The Morgan fingerprint density at radius 3 is 2.64 bits per heavy atom. The first-order valence-electron chi connectivity index (χ1n) is 5.01. The number of halogens is 1. The van der Waals surface area contributed by atoms with Gasteiger partial charge in [-0.2, -0.15) is 0 Å². The first-order valence-corrected chi connectivity index (χ1v) is 5.39. The third kappa shape index (κ3) is 3.18. The van der Waals surface area contributed by atoms with Crippen LogP contribution >= 0.6 is 11.6 Å². The monoisotopic (exact) mass is 212 g/mol. The largest absolute Gasteiger partial charge is 0.381 e. The molecule has 0 fully saturated rings. The van der Waals surface area contributed by atoms with Crippen LogP contribution in [0.5, 0.6) is 0 Å². The minimum absolute atomic E-state index is 0.461. The number of nitrogens with one attached hydrogen (secondary N) is 1. The highest BCUT2D eigenvalue weighted by molar-refractivity contribution is 6.29. The molecule has 2 unspecified atom stereocenters. The van der Waals surface area contributed by atoms with E-state index in [0.29, 0.717) is 17.1 Å². The SMILES string of the molecule is CCC(C)C(C)Nc1ccc(Cl)nc1. The van der Waals surface area contributed by atoms with Gasteiger partial charge in [0.15, 0.2) is 0 Å². The molecule has 0 spiro atoms. The number of hydrogen-bond acceptors (Lipinski definition) is 2. The number of pyridine rings is 1. The lowest BCUT2D eigenvalue weighted by atomic mass is 10.0. The van der Waals surface area contributed by atoms with Crippen molar-refractivity contribution in [3.8, 4) is 0 Å². The molecule has 1 rings (SSSR count). The second-order valence-corrected chi connectivity index (χ2v) is 4.08. The van der Waals surface area contributed by atoms with Crippen molar-refractivity contribution in [2.75, 3.05) is 5.32 Å². The van der Waals surface area contributed by atoms with E-state index in [-0.39, 0.29) is 0 Å². The summed E-state index contributed by atoms with van der Waals surface area (Å²) >= 11 is 5.70. The van der Waals surface area contributed by atoms with Crippen molar-refractivity contribution >= 4 is 17.3 Å². The third-order valence-corrected chi connectivity index (χ3v) is 2.84. The van der Waals surface area contributed by atoms with Gasteiger partial charge < -0.3 is 5.32 Å². The van der Waals surface area contributed by atoms with Crippen LogP contribution in [-0.2, 0) is 0 Å². The van der Waals surface area contributed by atoms with Gasteiger partial charge in [-0.25, -0.2) is 4.98 Å². The topological polar surface area (TPSA) is 24.9 Å². The average molecular weight is 213 g/mol. The normalized spacial score (nSPS) is 14.9. The number of hydrogen-bond donors (Lipinski definition) is 1. The highest BCUT2D eigenvalue weighted by Gasteiger charge is 2.09. The highest BCUT2D eigenvalue weighted by Crippen LogP contribution is 2.15. The van der Waals surface area contributed by atoms with Crippen LogP contribution in [0.3, 0.4) is 0 Å². The number of rotatable bonds is 4. The maximum absolute atomic E-state index is 5.70. The van der Waals surface area contributed by atoms with Crippen LogP contribution in [0.2, 0.25) is 5.15 Å². The van der Waals surface area contributed by atoms with Crippen LogP contribution in [0.4, 0.5) is 5.69 Å². The smallest absolute Gasteiger partial charge is 0.129 e. The molecule has 0 saturated heterocycles. The first kappa shape index (κ1) is 11.3. The maximum Gasteiger partial charge on any atom is 0.129 e. The third-order valence-electron chi connectivity index (χ3n) is 2.62. The van der Waals surface area contributed by atoms with Crippen LogP contribution in [0.1, 0.15) is 27.2 Å². The molecule has 0 aliphatic heterocycles. The molecule has 0 saturated carbocycles. The van der Waals surface area contributed by atoms with Gasteiger partial charge in [0.1, 0.15) is 5.15 Å². The summed E-state index contributed by atoms with van der Waals surface area (Å²) < 4.78 is 0. The van der Waals surface area contributed by atoms with Gasteiger partial charge >= 0.3 is 0 Å². The predicted octanol–water partition coefficient (Wildman–Crippen LogP) is 3.58. The fourth-order valence-electron chi connectivity index (χ4n) is 1.22. The van der Waals surface area contributed by atoms with Gasteiger partial charge in [-0.1, -0.05) is 31.9 Å². The van der Waals surface area contributed by atoms with Crippen molar-refractivity contribution in [3.63, 3.8) is 0 Å². The van der Waals surface area contributed by atoms with Gasteiger partial charge in [-0.15, -0.1) is 0 Å². The van der Waals surface area contributed by atoms with E-state index >= 15 is 0 Å². The van der Waals surface area contributed by atoms with Crippen LogP contribution in [0, 0.1) is 5.92 Å². The molecule has 0 amide bonds. The van der Waals surface area contributed by atoms with E-state index in [1.807, 2.05) is 6.07 Å². The van der Waals surface area contributed by atoms with Crippen molar-refractivity contribution in [1.29, 1.82) is 0 Å². The molecule has 1 aromatic rings. The molecule has 0 aromatic carbocycles. The summed E-state index contributed by atoms with van der Waals surface area (Å²) in [6, 6.07) is 4.21. The molecule has 1 heterocycles. The summed E-state index contributed by atoms with van der Waals surface area (Å²) in [7, 11) is 0. The molecule has 3 heteroatoms.